The maximum Gasteiger partial charge on any atom is 0.247 e. The fraction of sp³-hybridized carbons (Fsp3) is 0.222. The van der Waals surface area contributed by atoms with E-state index in [9.17, 15) is 14.0 Å². The van der Waals surface area contributed by atoms with Crippen molar-refractivity contribution in [3.8, 4) is 0 Å². The third kappa shape index (κ3) is 3.22. The SMILES string of the molecule is Cc1cc2c(cc1C)NC(CC(=O)Nc1ccccc1F)C(=O)N2. The van der Waals surface area contributed by atoms with Gasteiger partial charge in [-0.05, 0) is 49.2 Å². The number of carbonyl (C=O) groups excluding carboxylic acids is 2. The van der Waals surface area contributed by atoms with Crippen molar-refractivity contribution in [2.45, 2.75) is 26.3 Å². The Morgan fingerprint density at radius 2 is 1.83 bits per heavy atom. The number of carbonyl (C=O) groups is 2. The van der Waals surface area contributed by atoms with E-state index in [1.54, 1.807) is 12.1 Å². The van der Waals surface area contributed by atoms with Crippen LogP contribution in [0.1, 0.15) is 17.5 Å². The third-order valence-electron chi connectivity index (χ3n) is 4.08. The van der Waals surface area contributed by atoms with Crippen molar-refractivity contribution in [3.05, 3.63) is 53.3 Å². The van der Waals surface area contributed by atoms with Gasteiger partial charge in [0.1, 0.15) is 11.9 Å². The summed E-state index contributed by atoms with van der Waals surface area (Å²) in [4.78, 5) is 24.3. The third-order valence-corrected chi connectivity index (χ3v) is 4.08. The first kappa shape index (κ1) is 16.0. The lowest BCUT2D eigenvalue weighted by Crippen LogP contribution is -2.41. The molecule has 0 aliphatic carbocycles. The molecule has 1 unspecified atom stereocenters. The lowest BCUT2D eigenvalue weighted by molar-refractivity contribution is -0.122. The Kier molecular flexibility index (Phi) is 4.20. The molecular weight excluding hydrogens is 309 g/mol. The lowest BCUT2D eigenvalue weighted by atomic mass is 10.0. The van der Waals surface area contributed by atoms with Gasteiger partial charge in [0.25, 0.3) is 0 Å². The van der Waals surface area contributed by atoms with E-state index in [4.69, 9.17) is 0 Å². The van der Waals surface area contributed by atoms with Crippen molar-refractivity contribution in [1.82, 2.24) is 0 Å². The molecule has 1 aliphatic heterocycles. The quantitative estimate of drug-likeness (QED) is 0.811. The van der Waals surface area contributed by atoms with E-state index < -0.39 is 17.8 Å². The van der Waals surface area contributed by atoms with Gasteiger partial charge in [-0.3, -0.25) is 9.59 Å². The number of rotatable bonds is 3. The van der Waals surface area contributed by atoms with Crippen LogP contribution in [-0.2, 0) is 9.59 Å². The molecule has 0 spiro atoms. The van der Waals surface area contributed by atoms with Crippen LogP contribution in [0.3, 0.4) is 0 Å². The smallest absolute Gasteiger partial charge is 0.247 e. The van der Waals surface area contributed by atoms with E-state index in [0.717, 1.165) is 16.8 Å². The summed E-state index contributed by atoms with van der Waals surface area (Å²) >= 11 is 0. The molecule has 6 heteroatoms. The minimum Gasteiger partial charge on any atom is -0.372 e. The number of hydrogen-bond donors (Lipinski definition) is 3. The zero-order valence-electron chi connectivity index (χ0n) is 13.4. The molecule has 1 heterocycles. The predicted molar refractivity (Wildman–Crippen MR) is 91.6 cm³/mol. The number of fused-ring (bicyclic) bond motifs is 1. The zero-order valence-corrected chi connectivity index (χ0v) is 13.4. The van der Waals surface area contributed by atoms with Crippen LogP contribution in [0, 0.1) is 19.7 Å². The van der Waals surface area contributed by atoms with Crippen molar-refractivity contribution in [2.75, 3.05) is 16.0 Å². The second-order valence-electron chi connectivity index (χ2n) is 5.90. The molecule has 3 N–H and O–H groups in total. The summed E-state index contributed by atoms with van der Waals surface area (Å²) in [6.07, 6.45) is -0.0907. The van der Waals surface area contributed by atoms with Gasteiger partial charge in [0.15, 0.2) is 0 Å². The summed E-state index contributed by atoms with van der Waals surface area (Å²) in [5.41, 5.74) is 3.75. The normalized spacial score (nSPS) is 16.0. The van der Waals surface area contributed by atoms with Crippen LogP contribution in [0.2, 0.25) is 0 Å². The molecule has 2 aromatic carbocycles. The van der Waals surface area contributed by atoms with E-state index in [0.29, 0.717) is 5.69 Å². The molecule has 0 radical (unpaired) electrons. The van der Waals surface area contributed by atoms with Gasteiger partial charge in [-0.1, -0.05) is 12.1 Å². The van der Waals surface area contributed by atoms with Gasteiger partial charge in [0.2, 0.25) is 11.8 Å². The Hall–Kier alpha value is -2.89. The zero-order chi connectivity index (χ0) is 17.3. The number of amides is 2. The Balaban J connectivity index is 1.71. The van der Waals surface area contributed by atoms with Crippen molar-refractivity contribution in [1.29, 1.82) is 0 Å². The van der Waals surface area contributed by atoms with Gasteiger partial charge < -0.3 is 16.0 Å². The summed E-state index contributed by atoms with van der Waals surface area (Å²) in [5.74, 6) is -1.22. The van der Waals surface area contributed by atoms with Crippen LogP contribution in [0.15, 0.2) is 36.4 Å². The maximum atomic E-state index is 13.6. The molecule has 0 bridgehead atoms. The first-order valence-corrected chi connectivity index (χ1v) is 7.67. The first-order valence-electron chi connectivity index (χ1n) is 7.67. The largest absolute Gasteiger partial charge is 0.372 e. The second kappa shape index (κ2) is 6.31. The van der Waals surface area contributed by atoms with Crippen molar-refractivity contribution in [3.63, 3.8) is 0 Å². The monoisotopic (exact) mass is 327 g/mol. The summed E-state index contributed by atoms with van der Waals surface area (Å²) in [6.45, 7) is 3.95. The Labute approximate surface area is 139 Å². The van der Waals surface area contributed by atoms with Gasteiger partial charge >= 0.3 is 0 Å². The van der Waals surface area contributed by atoms with Crippen molar-refractivity contribution in [2.24, 2.45) is 0 Å². The van der Waals surface area contributed by atoms with Crippen LogP contribution < -0.4 is 16.0 Å². The molecule has 124 valence electrons. The average Bonchev–Trinajstić information content (AvgIpc) is 2.52. The fourth-order valence-electron chi connectivity index (χ4n) is 2.61. The molecular formula is C18H18FN3O2. The van der Waals surface area contributed by atoms with E-state index in [-0.39, 0.29) is 18.0 Å². The van der Waals surface area contributed by atoms with E-state index in [1.807, 2.05) is 26.0 Å². The molecule has 1 aliphatic rings. The molecule has 0 saturated heterocycles. The molecule has 0 aromatic heterocycles. The Bertz CT molecular complexity index is 820. The molecule has 0 saturated carbocycles. The van der Waals surface area contributed by atoms with E-state index >= 15 is 0 Å². The maximum absolute atomic E-state index is 13.6. The predicted octanol–water partition coefficient (Wildman–Crippen LogP) is 3.20. The summed E-state index contributed by atoms with van der Waals surface area (Å²) in [7, 11) is 0. The van der Waals surface area contributed by atoms with Gasteiger partial charge in [-0.15, -0.1) is 0 Å². The van der Waals surface area contributed by atoms with Crippen LogP contribution in [0.5, 0.6) is 0 Å². The number of para-hydroxylation sites is 1. The molecule has 2 amide bonds. The highest BCUT2D eigenvalue weighted by atomic mass is 19.1. The molecule has 3 rings (SSSR count). The molecule has 24 heavy (non-hydrogen) atoms. The highest BCUT2D eigenvalue weighted by Gasteiger charge is 2.28. The highest BCUT2D eigenvalue weighted by Crippen LogP contribution is 2.30. The lowest BCUT2D eigenvalue weighted by Gasteiger charge is -2.27. The fourth-order valence-corrected chi connectivity index (χ4v) is 2.61. The minimum absolute atomic E-state index is 0.0907. The minimum atomic E-state index is -0.702. The molecule has 1 atom stereocenters. The van der Waals surface area contributed by atoms with E-state index in [1.165, 1.54) is 12.1 Å². The number of benzene rings is 2. The number of hydrogen-bond acceptors (Lipinski definition) is 3. The first-order chi connectivity index (χ1) is 11.4. The summed E-state index contributed by atoms with van der Waals surface area (Å²) in [6, 6.07) is 9.04. The summed E-state index contributed by atoms with van der Waals surface area (Å²) < 4.78 is 13.6. The summed E-state index contributed by atoms with van der Waals surface area (Å²) in [5, 5.41) is 8.37. The topological polar surface area (TPSA) is 70.2 Å². The molecule has 2 aromatic rings. The molecule has 0 fully saturated rings. The number of nitrogens with one attached hydrogen (secondary N) is 3. The van der Waals surface area contributed by atoms with Crippen LogP contribution in [-0.4, -0.2) is 17.9 Å². The Morgan fingerprint density at radius 3 is 2.54 bits per heavy atom. The second-order valence-corrected chi connectivity index (χ2v) is 5.90. The van der Waals surface area contributed by atoms with Gasteiger partial charge in [-0.25, -0.2) is 4.39 Å². The van der Waals surface area contributed by atoms with Crippen LogP contribution in [0.4, 0.5) is 21.5 Å². The van der Waals surface area contributed by atoms with E-state index in [2.05, 4.69) is 16.0 Å². The standard InChI is InChI=1S/C18H18FN3O2/c1-10-7-14-15(8-11(10)2)22-18(24)16(20-14)9-17(23)21-13-6-4-3-5-12(13)19/h3-8,16,20H,9H2,1-2H3,(H,21,23)(H,22,24). The van der Waals surface area contributed by atoms with Crippen molar-refractivity contribution >= 4 is 28.9 Å². The number of anilines is 3. The van der Waals surface area contributed by atoms with Gasteiger partial charge in [-0.2, -0.15) is 0 Å². The highest BCUT2D eigenvalue weighted by molar-refractivity contribution is 6.06. The van der Waals surface area contributed by atoms with Crippen LogP contribution in [0.25, 0.3) is 0 Å². The van der Waals surface area contributed by atoms with Crippen molar-refractivity contribution < 1.29 is 14.0 Å². The van der Waals surface area contributed by atoms with Gasteiger partial charge in [0, 0.05) is 0 Å². The van der Waals surface area contributed by atoms with Gasteiger partial charge in [0.05, 0.1) is 23.5 Å². The number of halogens is 1. The Morgan fingerprint density at radius 1 is 1.17 bits per heavy atom. The molecule has 5 nitrogen and oxygen atoms in total. The average molecular weight is 327 g/mol. The van der Waals surface area contributed by atoms with Crippen LogP contribution >= 0.6 is 0 Å². The number of aryl methyl sites for hydroxylation is 2.